The molecule has 0 amide bonds. The third-order valence-corrected chi connectivity index (χ3v) is 20.0. The molecule has 0 aromatic heterocycles. The van der Waals surface area contributed by atoms with Crippen molar-refractivity contribution in [2.75, 3.05) is 39.6 Å². The van der Waals surface area contributed by atoms with Crippen LogP contribution in [0.2, 0.25) is 0 Å². The SMILES string of the molecule is CCCCCCCCCCCCCCCCCCCCCC(=O)O[C@H](COC(=O)CCCCCCCCCCCCCCC(C)C)COP(=O)(O)OC[C@@H](O)COP(=O)(O)OC[C@@H](COC(=O)CCCCCCCCC(C)CC)OC(=O)CCCCCCCCC(C)CC. The molecule has 558 valence electrons. The van der Waals surface area contributed by atoms with E-state index < -0.39 is 97.5 Å². The summed E-state index contributed by atoms with van der Waals surface area (Å²) in [6.07, 6.45) is 51.5. The van der Waals surface area contributed by atoms with Crippen LogP contribution in [0.25, 0.3) is 0 Å². The van der Waals surface area contributed by atoms with Crippen LogP contribution in [0.5, 0.6) is 0 Å². The van der Waals surface area contributed by atoms with Crippen molar-refractivity contribution in [2.24, 2.45) is 17.8 Å². The van der Waals surface area contributed by atoms with Crippen molar-refractivity contribution in [2.45, 2.75) is 401 Å². The van der Waals surface area contributed by atoms with Crippen molar-refractivity contribution in [3.63, 3.8) is 0 Å². The van der Waals surface area contributed by atoms with Gasteiger partial charge in [-0.3, -0.25) is 37.3 Å². The Bertz CT molecular complexity index is 1840. The normalized spacial score (nSPS) is 14.7. The number of carbonyl (C=O) groups is 4. The second-order valence-corrected chi connectivity index (χ2v) is 30.9. The second-order valence-electron chi connectivity index (χ2n) is 28.0. The molecule has 0 aromatic rings. The Hall–Kier alpha value is -1.94. The van der Waals surface area contributed by atoms with E-state index >= 15 is 0 Å². The topological polar surface area (TPSA) is 237 Å². The van der Waals surface area contributed by atoms with Crippen LogP contribution in [0.3, 0.4) is 0 Å². The molecule has 3 N–H and O–H groups in total. The molecule has 0 spiro atoms. The predicted molar refractivity (Wildman–Crippen MR) is 381 cm³/mol. The Morgan fingerprint density at radius 1 is 0.309 bits per heavy atom. The minimum Gasteiger partial charge on any atom is -0.462 e. The van der Waals surface area contributed by atoms with Gasteiger partial charge >= 0.3 is 39.5 Å². The van der Waals surface area contributed by atoms with Crippen LogP contribution < -0.4 is 0 Å². The average Bonchev–Trinajstić information content (AvgIpc) is 2.29. The number of aliphatic hydroxyl groups excluding tert-OH is 1. The van der Waals surface area contributed by atoms with Crippen molar-refractivity contribution in [3.8, 4) is 0 Å². The highest BCUT2D eigenvalue weighted by Crippen LogP contribution is 2.45. The van der Waals surface area contributed by atoms with E-state index in [0.29, 0.717) is 25.7 Å². The minimum atomic E-state index is -4.96. The molecule has 0 aliphatic carbocycles. The maximum atomic E-state index is 13.1. The van der Waals surface area contributed by atoms with Crippen LogP contribution in [-0.2, 0) is 65.4 Å². The van der Waals surface area contributed by atoms with Gasteiger partial charge in [0.15, 0.2) is 12.2 Å². The Morgan fingerprint density at radius 2 is 0.543 bits per heavy atom. The summed E-state index contributed by atoms with van der Waals surface area (Å²) in [5.74, 6) is 0.109. The quantitative estimate of drug-likeness (QED) is 0.0222. The van der Waals surface area contributed by atoms with Crippen LogP contribution in [0.1, 0.15) is 382 Å². The molecule has 0 aliphatic heterocycles. The van der Waals surface area contributed by atoms with Gasteiger partial charge in [-0.05, 0) is 43.4 Å². The zero-order valence-electron chi connectivity index (χ0n) is 61.4. The van der Waals surface area contributed by atoms with E-state index in [2.05, 4.69) is 48.5 Å². The molecule has 19 heteroatoms. The van der Waals surface area contributed by atoms with Crippen molar-refractivity contribution in [1.29, 1.82) is 0 Å². The average molecular weight is 1380 g/mol. The summed E-state index contributed by atoms with van der Waals surface area (Å²) in [4.78, 5) is 72.7. The molecule has 17 nitrogen and oxygen atoms in total. The lowest BCUT2D eigenvalue weighted by Gasteiger charge is -2.21. The number of phosphoric ester groups is 2. The third kappa shape index (κ3) is 66.0. The molecular weight excluding hydrogens is 1230 g/mol. The van der Waals surface area contributed by atoms with Crippen LogP contribution in [0, 0.1) is 17.8 Å². The largest absolute Gasteiger partial charge is 0.472 e. The summed E-state index contributed by atoms with van der Waals surface area (Å²) in [6.45, 7) is 11.8. The molecule has 94 heavy (non-hydrogen) atoms. The molecular formula is C75H146O17P2. The second kappa shape index (κ2) is 65.7. The zero-order valence-corrected chi connectivity index (χ0v) is 63.2. The van der Waals surface area contributed by atoms with Gasteiger partial charge in [0.05, 0.1) is 26.4 Å². The van der Waals surface area contributed by atoms with E-state index in [1.54, 1.807) is 0 Å². The molecule has 0 fully saturated rings. The van der Waals surface area contributed by atoms with Gasteiger partial charge in [0, 0.05) is 25.7 Å². The number of phosphoric acid groups is 2. The lowest BCUT2D eigenvalue weighted by molar-refractivity contribution is -0.161. The van der Waals surface area contributed by atoms with E-state index in [0.717, 1.165) is 114 Å². The number of ether oxygens (including phenoxy) is 4. The van der Waals surface area contributed by atoms with Crippen molar-refractivity contribution in [1.82, 2.24) is 0 Å². The lowest BCUT2D eigenvalue weighted by atomic mass is 10.00. The molecule has 0 radical (unpaired) electrons. The van der Waals surface area contributed by atoms with Crippen molar-refractivity contribution >= 4 is 39.5 Å². The summed E-state index contributed by atoms with van der Waals surface area (Å²) >= 11 is 0. The molecule has 0 heterocycles. The van der Waals surface area contributed by atoms with Gasteiger partial charge < -0.3 is 33.8 Å². The highest BCUT2D eigenvalue weighted by Gasteiger charge is 2.30. The monoisotopic (exact) mass is 1380 g/mol. The third-order valence-electron chi connectivity index (χ3n) is 18.1. The van der Waals surface area contributed by atoms with E-state index in [1.807, 2.05) is 0 Å². The lowest BCUT2D eigenvalue weighted by Crippen LogP contribution is -2.30. The van der Waals surface area contributed by atoms with Gasteiger partial charge in [-0.25, -0.2) is 9.13 Å². The van der Waals surface area contributed by atoms with Crippen molar-refractivity contribution < 1.29 is 80.2 Å². The molecule has 7 atom stereocenters. The molecule has 0 aliphatic rings. The number of aliphatic hydroxyl groups is 1. The number of carbonyl (C=O) groups excluding carboxylic acids is 4. The van der Waals surface area contributed by atoms with E-state index in [-0.39, 0.29) is 25.7 Å². The molecule has 0 saturated carbocycles. The number of hydrogen-bond donors (Lipinski definition) is 3. The first-order chi connectivity index (χ1) is 45.3. The highest BCUT2D eigenvalue weighted by molar-refractivity contribution is 7.47. The van der Waals surface area contributed by atoms with E-state index in [4.69, 9.17) is 37.0 Å². The Labute approximate surface area is 575 Å². The molecule has 0 rings (SSSR count). The fraction of sp³-hybridized carbons (Fsp3) is 0.947. The number of unbranched alkanes of at least 4 members (excludes halogenated alkanes) is 39. The fourth-order valence-corrected chi connectivity index (χ4v) is 12.9. The van der Waals surface area contributed by atoms with Crippen LogP contribution in [-0.4, -0.2) is 96.7 Å². The molecule has 0 saturated heterocycles. The van der Waals surface area contributed by atoms with E-state index in [9.17, 15) is 43.2 Å². The number of hydrogen-bond acceptors (Lipinski definition) is 15. The Morgan fingerprint density at radius 3 is 0.809 bits per heavy atom. The van der Waals surface area contributed by atoms with Gasteiger partial charge in [0.2, 0.25) is 0 Å². The first-order valence-corrected chi connectivity index (χ1v) is 41.9. The van der Waals surface area contributed by atoms with Crippen LogP contribution in [0.4, 0.5) is 0 Å². The summed E-state index contributed by atoms with van der Waals surface area (Å²) < 4.78 is 68.4. The Balaban J connectivity index is 5.23. The zero-order chi connectivity index (χ0) is 69.4. The van der Waals surface area contributed by atoms with Gasteiger partial charge in [-0.2, -0.15) is 0 Å². The van der Waals surface area contributed by atoms with Gasteiger partial charge in [-0.1, -0.05) is 331 Å². The van der Waals surface area contributed by atoms with Crippen LogP contribution in [0.15, 0.2) is 0 Å². The number of esters is 4. The maximum absolute atomic E-state index is 13.1. The summed E-state index contributed by atoms with van der Waals surface area (Å²) in [7, 11) is -9.91. The van der Waals surface area contributed by atoms with Gasteiger partial charge in [0.1, 0.15) is 19.3 Å². The molecule has 0 aromatic carbocycles. The smallest absolute Gasteiger partial charge is 0.462 e. The van der Waals surface area contributed by atoms with Crippen molar-refractivity contribution in [3.05, 3.63) is 0 Å². The number of rotatable bonds is 73. The fourth-order valence-electron chi connectivity index (χ4n) is 11.4. The highest BCUT2D eigenvalue weighted by atomic mass is 31.2. The minimum absolute atomic E-state index is 0.102. The Kier molecular flexibility index (Phi) is 64.3. The first-order valence-electron chi connectivity index (χ1n) is 38.9. The summed E-state index contributed by atoms with van der Waals surface area (Å²) in [5, 5.41) is 10.6. The van der Waals surface area contributed by atoms with Gasteiger partial charge in [-0.15, -0.1) is 0 Å². The predicted octanol–water partition coefficient (Wildman–Crippen LogP) is 21.8. The van der Waals surface area contributed by atoms with E-state index in [1.165, 1.54) is 186 Å². The van der Waals surface area contributed by atoms with Crippen LogP contribution >= 0.6 is 15.6 Å². The van der Waals surface area contributed by atoms with Gasteiger partial charge in [0.25, 0.3) is 0 Å². The first kappa shape index (κ1) is 92.1. The summed E-state index contributed by atoms with van der Waals surface area (Å²) in [5.41, 5.74) is 0. The standard InChI is InChI=1S/C75H146O17P2/c1-8-11-12-13-14-15-16-17-18-19-20-21-22-23-28-31-34-44-51-58-74(79)91-70(62-85-72(77)56-49-42-33-30-27-25-24-26-29-32-39-46-53-66(4)5)64-89-93(81,82)87-60-69(76)61-88-94(83,84)90-65-71(92-75(80)59-52-45-38-36-41-48-55-68(7)10-3)63-86-73(78)57-50-43-37-35-40-47-54-67(6)9-2/h66-71,76H,8-65H2,1-7H3,(H,81,82)(H,83,84)/t67?,68?,69-,70-,71-/m1/s1. The maximum Gasteiger partial charge on any atom is 0.472 e. The summed E-state index contributed by atoms with van der Waals surface area (Å²) in [6, 6.07) is 0. The molecule has 4 unspecified atom stereocenters. The molecule has 0 bridgehead atoms.